The largest absolute Gasteiger partial charge is 0.471 e. The second kappa shape index (κ2) is 5.48. The summed E-state index contributed by atoms with van der Waals surface area (Å²) in [6.07, 6.45) is 0. The monoisotopic (exact) mass is 256 g/mol. The molecule has 0 unspecified atom stereocenters. The molecule has 0 fully saturated rings. The molecule has 0 bridgehead atoms. The molecule has 0 radical (unpaired) electrons. The minimum absolute atomic E-state index is 0.0569. The molecule has 5 heteroatoms. The predicted molar refractivity (Wildman–Crippen MR) is 73.3 cm³/mol. The molecule has 98 valence electrons. The number of nitrogens with two attached hydrogens (primary N) is 1. The molecular formula is C14H16N4O. The Hall–Kier alpha value is -2.43. The number of amidine groups is 1. The third kappa shape index (κ3) is 2.88. The molecule has 1 aromatic heterocycles. The first-order chi connectivity index (χ1) is 9.09. The van der Waals surface area contributed by atoms with Gasteiger partial charge in [0, 0.05) is 0 Å². The molecule has 19 heavy (non-hydrogen) atoms. The lowest BCUT2D eigenvalue weighted by Crippen LogP contribution is -2.17. The van der Waals surface area contributed by atoms with Crippen LogP contribution in [0.2, 0.25) is 0 Å². The number of nitrogen functional groups attached to an aromatic ring is 1. The van der Waals surface area contributed by atoms with Gasteiger partial charge in [0.05, 0.1) is 11.3 Å². The summed E-state index contributed by atoms with van der Waals surface area (Å²) >= 11 is 0. The van der Waals surface area contributed by atoms with E-state index in [9.17, 15) is 0 Å². The van der Waals surface area contributed by atoms with Gasteiger partial charge in [-0.3, -0.25) is 5.41 Å². The number of nitrogens with zero attached hydrogens (tertiary/aromatic N) is 2. The van der Waals surface area contributed by atoms with E-state index in [1.165, 1.54) is 0 Å². The van der Waals surface area contributed by atoms with Crippen molar-refractivity contribution >= 4 is 5.84 Å². The fraction of sp³-hybridized carbons (Fsp3) is 0.214. The highest BCUT2D eigenvalue weighted by Crippen LogP contribution is 2.20. The zero-order valence-electron chi connectivity index (χ0n) is 11.0. The van der Waals surface area contributed by atoms with Gasteiger partial charge in [0.2, 0.25) is 5.88 Å². The minimum atomic E-state index is -0.0569. The molecule has 1 heterocycles. The maximum absolute atomic E-state index is 7.63. The first kappa shape index (κ1) is 13.0. The van der Waals surface area contributed by atoms with Crippen LogP contribution in [0.1, 0.15) is 22.4 Å². The Morgan fingerprint density at radius 3 is 2.53 bits per heavy atom. The number of benzene rings is 1. The van der Waals surface area contributed by atoms with E-state index in [1.54, 1.807) is 0 Å². The zero-order valence-corrected chi connectivity index (χ0v) is 11.0. The molecule has 0 aliphatic heterocycles. The maximum atomic E-state index is 7.63. The lowest BCUT2D eigenvalue weighted by Gasteiger charge is -2.12. The highest BCUT2D eigenvalue weighted by molar-refractivity contribution is 5.98. The SMILES string of the molecule is Cc1nnc(OCc2ccccc2)c(C(=N)N)c1C. The lowest BCUT2D eigenvalue weighted by atomic mass is 10.1. The summed E-state index contributed by atoms with van der Waals surface area (Å²) in [5.41, 5.74) is 8.70. The quantitative estimate of drug-likeness (QED) is 0.647. The summed E-state index contributed by atoms with van der Waals surface area (Å²) in [5, 5.41) is 15.6. The maximum Gasteiger partial charge on any atom is 0.245 e. The van der Waals surface area contributed by atoms with Crippen LogP contribution in [0, 0.1) is 19.3 Å². The summed E-state index contributed by atoms with van der Waals surface area (Å²) in [5.74, 6) is 0.248. The molecule has 0 saturated heterocycles. The van der Waals surface area contributed by atoms with E-state index in [0.29, 0.717) is 18.1 Å². The summed E-state index contributed by atoms with van der Waals surface area (Å²) < 4.78 is 5.63. The van der Waals surface area contributed by atoms with E-state index in [1.807, 2.05) is 44.2 Å². The number of rotatable bonds is 4. The van der Waals surface area contributed by atoms with Gasteiger partial charge in [-0.2, -0.15) is 5.10 Å². The number of hydrogen-bond acceptors (Lipinski definition) is 4. The summed E-state index contributed by atoms with van der Waals surface area (Å²) in [6, 6.07) is 9.75. The molecule has 0 atom stereocenters. The van der Waals surface area contributed by atoms with Gasteiger partial charge in [0.25, 0.3) is 0 Å². The molecule has 2 rings (SSSR count). The third-order valence-electron chi connectivity index (χ3n) is 2.91. The Kier molecular flexibility index (Phi) is 3.75. The molecule has 0 amide bonds. The fourth-order valence-electron chi connectivity index (χ4n) is 1.73. The number of ether oxygens (including phenoxy) is 1. The van der Waals surface area contributed by atoms with Crippen molar-refractivity contribution in [3.8, 4) is 5.88 Å². The van der Waals surface area contributed by atoms with Crippen molar-refractivity contribution in [1.29, 1.82) is 5.41 Å². The molecule has 0 spiro atoms. The van der Waals surface area contributed by atoms with Gasteiger partial charge in [-0.25, -0.2) is 0 Å². The summed E-state index contributed by atoms with van der Waals surface area (Å²) in [7, 11) is 0. The van der Waals surface area contributed by atoms with Crippen molar-refractivity contribution < 1.29 is 4.74 Å². The molecule has 1 aromatic carbocycles. The van der Waals surface area contributed by atoms with Gasteiger partial charge < -0.3 is 10.5 Å². The van der Waals surface area contributed by atoms with Crippen molar-refractivity contribution in [1.82, 2.24) is 10.2 Å². The fourth-order valence-corrected chi connectivity index (χ4v) is 1.73. The molecule has 2 aromatic rings. The average Bonchev–Trinajstić information content (AvgIpc) is 2.41. The highest BCUT2D eigenvalue weighted by atomic mass is 16.5. The van der Waals surface area contributed by atoms with E-state index in [4.69, 9.17) is 15.9 Å². The number of hydrogen-bond donors (Lipinski definition) is 2. The first-order valence-corrected chi connectivity index (χ1v) is 5.94. The Balaban J connectivity index is 2.26. The normalized spacial score (nSPS) is 10.2. The van der Waals surface area contributed by atoms with Gasteiger partial charge in [0.1, 0.15) is 12.4 Å². The topological polar surface area (TPSA) is 84.9 Å². The standard InChI is InChI=1S/C14H16N4O/c1-9-10(2)17-18-14(12(9)13(15)16)19-8-11-6-4-3-5-7-11/h3-7H,8H2,1-2H3,(H3,15,16). The predicted octanol–water partition coefficient (Wildman–Crippen LogP) is 1.96. The van der Waals surface area contributed by atoms with Crippen molar-refractivity contribution in [3.63, 3.8) is 0 Å². The van der Waals surface area contributed by atoms with E-state index in [0.717, 1.165) is 16.8 Å². The lowest BCUT2D eigenvalue weighted by molar-refractivity contribution is 0.289. The zero-order chi connectivity index (χ0) is 13.8. The van der Waals surface area contributed by atoms with Crippen LogP contribution in [0.5, 0.6) is 5.88 Å². The van der Waals surface area contributed by atoms with Crippen LogP contribution in [0.15, 0.2) is 30.3 Å². The Bertz CT molecular complexity index is 596. The van der Waals surface area contributed by atoms with E-state index in [-0.39, 0.29) is 5.84 Å². The Labute approximate surface area is 111 Å². The van der Waals surface area contributed by atoms with Crippen LogP contribution in [-0.2, 0) is 6.61 Å². The number of aryl methyl sites for hydroxylation is 1. The molecule has 0 saturated carbocycles. The molecule has 0 aliphatic rings. The van der Waals surface area contributed by atoms with Crippen LogP contribution in [-0.4, -0.2) is 16.0 Å². The van der Waals surface area contributed by atoms with Crippen molar-refractivity contribution in [2.24, 2.45) is 5.73 Å². The van der Waals surface area contributed by atoms with Crippen LogP contribution in [0.25, 0.3) is 0 Å². The van der Waals surface area contributed by atoms with Gasteiger partial charge >= 0.3 is 0 Å². The number of nitrogens with one attached hydrogen (secondary N) is 1. The molecular weight excluding hydrogens is 240 g/mol. The first-order valence-electron chi connectivity index (χ1n) is 5.94. The van der Waals surface area contributed by atoms with Gasteiger partial charge in [-0.05, 0) is 25.0 Å². The molecule has 0 aliphatic carbocycles. The smallest absolute Gasteiger partial charge is 0.245 e. The molecule has 5 nitrogen and oxygen atoms in total. The van der Waals surface area contributed by atoms with Crippen molar-refractivity contribution in [2.75, 3.05) is 0 Å². The van der Waals surface area contributed by atoms with Gasteiger partial charge in [-0.1, -0.05) is 30.3 Å². The van der Waals surface area contributed by atoms with Crippen LogP contribution >= 0.6 is 0 Å². The summed E-state index contributed by atoms with van der Waals surface area (Å²) in [4.78, 5) is 0. The molecule has 3 N–H and O–H groups in total. The Morgan fingerprint density at radius 2 is 1.89 bits per heavy atom. The van der Waals surface area contributed by atoms with Crippen LogP contribution in [0.4, 0.5) is 0 Å². The number of aromatic nitrogens is 2. The van der Waals surface area contributed by atoms with Crippen LogP contribution < -0.4 is 10.5 Å². The second-order valence-corrected chi connectivity index (χ2v) is 4.28. The third-order valence-corrected chi connectivity index (χ3v) is 2.91. The van der Waals surface area contributed by atoms with Crippen LogP contribution in [0.3, 0.4) is 0 Å². The Morgan fingerprint density at radius 1 is 1.21 bits per heavy atom. The average molecular weight is 256 g/mol. The summed E-state index contributed by atoms with van der Waals surface area (Å²) in [6.45, 7) is 4.06. The van der Waals surface area contributed by atoms with E-state index in [2.05, 4.69) is 10.2 Å². The minimum Gasteiger partial charge on any atom is -0.471 e. The van der Waals surface area contributed by atoms with Crippen molar-refractivity contribution in [3.05, 3.63) is 52.7 Å². The van der Waals surface area contributed by atoms with E-state index >= 15 is 0 Å². The van der Waals surface area contributed by atoms with E-state index < -0.39 is 0 Å². The second-order valence-electron chi connectivity index (χ2n) is 4.28. The highest BCUT2D eigenvalue weighted by Gasteiger charge is 2.15. The van der Waals surface area contributed by atoms with Crippen molar-refractivity contribution in [2.45, 2.75) is 20.5 Å². The van der Waals surface area contributed by atoms with Gasteiger partial charge in [0.15, 0.2) is 0 Å². The van der Waals surface area contributed by atoms with Gasteiger partial charge in [-0.15, -0.1) is 5.10 Å².